The minimum Gasteiger partial charge on any atom is -0.352 e. The summed E-state index contributed by atoms with van der Waals surface area (Å²) in [7, 11) is 0. The summed E-state index contributed by atoms with van der Waals surface area (Å²) in [5.41, 5.74) is -0.752. The molecule has 1 rings (SSSR count). The number of rotatable bonds is 0. The van der Waals surface area contributed by atoms with E-state index >= 15 is 0 Å². The van der Waals surface area contributed by atoms with Gasteiger partial charge in [0.15, 0.2) is 0 Å². The van der Waals surface area contributed by atoms with Gasteiger partial charge in [0.2, 0.25) is 0 Å². The van der Waals surface area contributed by atoms with Crippen molar-refractivity contribution >= 4 is 11.6 Å². The van der Waals surface area contributed by atoms with E-state index in [0.717, 1.165) is 12.3 Å². The smallest absolute Gasteiger partial charge is 0.352 e. The monoisotopic (exact) mass is 169 g/mol. The average Bonchev–Trinajstić information content (AvgIpc) is 2.11. The van der Waals surface area contributed by atoms with Crippen LogP contribution in [0.15, 0.2) is 12.3 Å². The van der Waals surface area contributed by atoms with E-state index in [4.69, 9.17) is 11.6 Å². The van der Waals surface area contributed by atoms with Gasteiger partial charge in [0.25, 0.3) is 0 Å². The molecule has 0 spiro atoms. The van der Waals surface area contributed by atoms with Gasteiger partial charge in [-0.25, -0.2) is 0 Å². The third-order valence-corrected chi connectivity index (χ3v) is 1.19. The van der Waals surface area contributed by atoms with Crippen LogP contribution in [0.3, 0.4) is 0 Å². The van der Waals surface area contributed by atoms with E-state index in [2.05, 4.69) is 4.98 Å². The molecule has 0 aliphatic heterocycles. The SMILES string of the molecule is FC(F)(F)c1c[nH]c(Cl)c1. The van der Waals surface area contributed by atoms with E-state index in [0.29, 0.717) is 0 Å². The van der Waals surface area contributed by atoms with Crippen LogP contribution >= 0.6 is 11.6 Å². The Morgan fingerprint density at radius 1 is 1.40 bits per heavy atom. The standard InChI is InChI=1S/C5H3ClF3N/c6-4-1-3(2-10-4)5(7,8)9/h1-2,10H. The van der Waals surface area contributed by atoms with Crippen molar-refractivity contribution in [1.29, 1.82) is 0 Å². The molecule has 1 aromatic rings. The summed E-state index contributed by atoms with van der Waals surface area (Å²) in [5.74, 6) is 0. The lowest BCUT2D eigenvalue weighted by molar-refractivity contribution is -0.137. The third-order valence-electron chi connectivity index (χ3n) is 0.975. The van der Waals surface area contributed by atoms with Crippen LogP contribution < -0.4 is 0 Å². The van der Waals surface area contributed by atoms with E-state index in [9.17, 15) is 13.2 Å². The second kappa shape index (κ2) is 2.20. The number of H-pyrrole nitrogens is 1. The zero-order valence-corrected chi connectivity index (χ0v) is 5.42. The highest BCUT2D eigenvalue weighted by Crippen LogP contribution is 2.30. The van der Waals surface area contributed by atoms with Gasteiger partial charge in [0, 0.05) is 6.20 Å². The van der Waals surface area contributed by atoms with Crippen molar-refractivity contribution < 1.29 is 13.2 Å². The molecule has 5 heteroatoms. The van der Waals surface area contributed by atoms with E-state index in [1.165, 1.54) is 0 Å². The molecule has 0 unspecified atom stereocenters. The Hall–Kier alpha value is -0.640. The van der Waals surface area contributed by atoms with Crippen molar-refractivity contribution in [2.75, 3.05) is 0 Å². The van der Waals surface area contributed by atoms with Gasteiger partial charge in [0.1, 0.15) is 5.15 Å². The maximum atomic E-state index is 11.7. The number of hydrogen-bond acceptors (Lipinski definition) is 0. The molecule has 0 aliphatic rings. The highest BCUT2D eigenvalue weighted by molar-refractivity contribution is 6.29. The molecule has 1 nitrogen and oxygen atoms in total. The van der Waals surface area contributed by atoms with Crippen molar-refractivity contribution in [2.24, 2.45) is 0 Å². The van der Waals surface area contributed by atoms with Gasteiger partial charge in [0.05, 0.1) is 5.56 Å². The molecule has 1 aromatic heterocycles. The Bertz CT molecular complexity index is 227. The summed E-state index contributed by atoms with van der Waals surface area (Å²) in [6, 6.07) is 0.835. The highest BCUT2D eigenvalue weighted by atomic mass is 35.5. The summed E-state index contributed by atoms with van der Waals surface area (Å²) in [5, 5.41) is -0.00711. The maximum absolute atomic E-state index is 11.7. The fourth-order valence-corrected chi connectivity index (χ4v) is 0.702. The highest BCUT2D eigenvalue weighted by Gasteiger charge is 2.31. The van der Waals surface area contributed by atoms with Gasteiger partial charge in [-0.05, 0) is 6.07 Å². The quantitative estimate of drug-likeness (QED) is 0.615. The fraction of sp³-hybridized carbons (Fsp3) is 0.200. The van der Waals surface area contributed by atoms with Crippen LogP contribution in [0.4, 0.5) is 13.2 Å². The van der Waals surface area contributed by atoms with Gasteiger partial charge in [-0.15, -0.1) is 0 Å². The summed E-state index contributed by atoms with van der Waals surface area (Å²) < 4.78 is 35.2. The number of nitrogens with one attached hydrogen (secondary N) is 1. The molecule has 0 aromatic carbocycles. The van der Waals surface area contributed by atoms with E-state index in [-0.39, 0.29) is 5.15 Å². The molecule has 1 N–H and O–H groups in total. The number of halogens is 4. The van der Waals surface area contributed by atoms with Crippen molar-refractivity contribution in [2.45, 2.75) is 6.18 Å². The first-order valence-electron chi connectivity index (χ1n) is 2.41. The lowest BCUT2D eigenvalue weighted by Crippen LogP contribution is -2.01. The fourth-order valence-electron chi connectivity index (χ4n) is 0.530. The van der Waals surface area contributed by atoms with Crippen LogP contribution in [0.1, 0.15) is 5.56 Å². The summed E-state index contributed by atoms with van der Waals surface area (Å²) in [6.07, 6.45) is -3.48. The number of hydrogen-bond donors (Lipinski definition) is 1. The first kappa shape index (κ1) is 7.47. The molecule has 56 valence electrons. The molecular formula is C5H3ClF3N. The zero-order chi connectivity index (χ0) is 7.78. The van der Waals surface area contributed by atoms with Gasteiger partial charge in [-0.1, -0.05) is 11.6 Å². The Morgan fingerprint density at radius 3 is 2.20 bits per heavy atom. The van der Waals surface area contributed by atoms with Crippen LogP contribution in [0, 0.1) is 0 Å². The van der Waals surface area contributed by atoms with Crippen molar-refractivity contribution in [3.8, 4) is 0 Å². The molecule has 0 atom stereocenters. The molecule has 0 radical (unpaired) electrons. The van der Waals surface area contributed by atoms with Crippen LogP contribution in [-0.4, -0.2) is 4.98 Å². The van der Waals surface area contributed by atoms with Gasteiger partial charge < -0.3 is 4.98 Å². The van der Waals surface area contributed by atoms with Crippen molar-refractivity contribution in [1.82, 2.24) is 4.98 Å². The lowest BCUT2D eigenvalue weighted by atomic mass is 10.3. The van der Waals surface area contributed by atoms with Crippen LogP contribution in [0.2, 0.25) is 5.15 Å². The Labute approximate surface area is 59.8 Å². The largest absolute Gasteiger partial charge is 0.417 e. The predicted octanol–water partition coefficient (Wildman–Crippen LogP) is 2.69. The van der Waals surface area contributed by atoms with Crippen LogP contribution in [-0.2, 0) is 6.18 Å². The first-order chi connectivity index (χ1) is 4.50. The molecule has 0 bridgehead atoms. The average molecular weight is 170 g/mol. The Kier molecular flexibility index (Phi) is 1.64. The first-order valence-corrected chi connectivity index (χ1v) is 2.79. The van der Waals surface area contributed by atoms with Gasteiger partial charge >= 0.3 is 6.18 Å². The molecule has 0 aliphatic carbocycles. The molecule has 0 fully saturated rings. The third kappa shape index (κ3) is 1.44. The lowest BCUT2D eigenvalue weighted by Gasteiger charge is -1.99. The number of aromatic nitrogens is 1. The van der Waals surface area contributed by atoms with Crippen molar-refractivity contribution in [3.63, 3.8) is 0 Å². The summed E-state index contributed by atoms with van der Waals surface area (Å²) >= 11 is 5.21. The van der Waals surface area contributed by atoms with Crippen molar-refractivity contribution in [3.05, 3.63) is 23.0 Å². The summed E-state index contributed by atoms with van der Waals surface area (Å²) in [6.45, 7) is 0. The number of alkyl halides is 3. The number of aromatic amines is 1. The topological polar surface area (TPSA) is 15.8 Å². The van der Waals surface area contributed by atoms with Gasteiger partial charge in [-0.3, -0.25) is 0 Å². The van der Waals surface area contributed by atoms with Crippen LogP contribution in [0.25, 0.3) is 0 Å². The molecule has 0 amide bonds. The van der Waals surface area contributed by atoms with Crippen LogP contribution in [0.5, 0.6) is 0 Å². The molecule has 10 heavy (non-hydrogen) atoms. The molecule has 1 heterocycles. The maximum Gasteiger partial charge on any atom is 0.417 e. The van der Waals surface area contributed by atoms with Gasteiger partial charge in [-0.2, -0.15) is 13.2 Å². The van der Waals surface area contributed by atoms with E-state index in [1.54, 1.807) is 0 Å². The predicted molar refractivity (Wildman–Crippen MR) is 30.8 cm³/mol. The Balaban J connectivity index is 2.96. The zero-order valence-electron chi connectivity index (χ0n) is 4.67. The second-order valence-corrected chi connectivity index (χ2v) is 2.14. The molecule has 0 saturated carbocycles. The molecular weight excluding hydrogens is 167 g/mol. The van der Waals surface area contributed by atoms with E-state index < -0.39 is 11.7 Å². The van der Waals surface area contributed by atoms with E-state index in [1.807, 2.05) is 0 Å². The normalized spacial score (nSPS) is 12.0. The minimum atomic E-state index is -4.30. The minimum absolute atomic E-state index is 0.00711. The molecule has 0 saturated heterocycles. The summed E-state index contributed by atoms with van der Waals surface area (Å²) in [4.78, 5) is 2.22. The second-order valence-electron chi connectivity index (χ2n) is 1.73. The Morgan fingerprint density at radius 2 is 2.00 bits per heavy atom.